The molecule has 1 aliphatic heterocycles. The fourth-order valence-electron chi connectivity index (χ4n) is 7.75. The lowest BCUT2D eigenvalue weighted by atomic mass is 9.46. The van der Waals surface area contributed by atoms with Crippen molar-refractivity contribution in [2.24, 2.45) is 28.6 Å². The minimum Gasteiger partial charge on any atom is -0.388 e. The number of fused-ring (bicyclic) bond motifs is 3. The molecule has 3 saturated carbocycles. The third-order valence-corrected chi connectivity index (χ3v) is 9.76. The van der Waals surface area contributed by atoms with Crippen LogP contribution in [0.5, 0.6) is 0 Å². The number of carbonyl (C=O) groups is 2. The minimum atomic E-state index is -1.51. The van der Waals surface area contributed by atoms with E-state index in [1.807, 2.05) is 19.9 Å². The zero-order chi connectivity index (χ0) is 20.3. The fraction of sp³-hybridized carbons (Fsp3) is 0.727. The molecule has 0 bridgehead atoms. The van der Waals surface area contributed by atoms with Gasteiger partial charge in [0.2, 0.25) is 0 Å². The Morgan fingerprint density at radius 2 is 2.07 bits per heavy atom. The molecule has 8 atom stereocenters. The molecule has 0 amide bonds. The van der Waals surface area contributed by atoms with Crippen molar-refractivity contribution in [3.8, 4) is 0 Å². The van der Waals surface area contributed by atoms with Crippen LogP contribution in [0.2, 0.25) is 0 Å². The van der Waals surface area contributed by atoms with Gasteiger partial charge in [-0.15, -0.1) is 0 Å². The monoisotopic (exact) mass is 450 g/mol. The average molecular weight is 451 g/mol. The number of aliphatic hydroxyl groups excluding tert-OH is 1. The normalized spacial score (nSPS) is 54.0. The quantitative estimate of drug-likeness (QED) is 0.631. The first-order chi connectivity index (χ1) is 13.1. The predicted molar refractivity (Wildman–Crippen MR) is 106 cm³/mol. The van der Waals surface area contributed by atoms with Gasteiger partial charge in [-0.2, -0.15) is 0 Å². The first kappa shape index (κ1) is 19.2. The van der Waals surface area contributed by atoms with Crippen molar-refractivity contribution >= 4 is 27.5 Å². The number of allylic oxidation sites excluding steroid dienone is 2. The molecular formula is C22H27BrO5. The van der Waals surface area contributed by atoms with Gasteiger partial charge >= 0.3 is 0 Å². The van der Waals surface area contributed by atoms with Crippen molar-refractivity contribution in [2.75, 3.05) is 6.61 Å². The van der Waals surface area contributed by atoms with Crippen molar-refractivity contribution in [1.29, 1.82) is 0 Å². The topological polar surface area (TPSA) is 87.1 Å². The molecule has 6 heteroatoms. The van der Waals surface area contributed by atoms with E-state index in [0.717, 1.165) is 24.8 Å². The molecule has 0 aromatic heterocycles. The van der Waals surface area contributed by atoms with E-state index >= 15 is 0 Å². The number of ketones is 2. The third kappa shape index (κ3) is 1.85. The number of Topliss-reactive ketones (excluding diaryl/α,β-unsaturated/α-hetero) is 1. The van der Waals surface area contributed by atoms with Gasteiger partial charge in [-0.25, -0.2) is 0 Å². The van der Waals surface area contributed by atoms with E-state index in [-0.39, 0.29) is 40.7 Å². The molecule has 4 aliphatic carbocycles. The summed E-state index contributed by atoms with van der Waals surface area (Å²) in [6.45, 7) is 5.49. The SMILES string of the molecule is C[C@H]1C[C@H]2[C@@H]3CCC4=CC(=O)C(Br)=C[C@]4(C)[C@@]34O[C@H]4C[C@]2(C)[C@@]1(O)C(=O)CO. The molecular weight excluding hydrogens is 424 g/mol. The zero-order valence-corrected chi connectivity index (χ0v) is 18.1. The lowest BCUT2D eigenvalue weighted by Gasteiger charge is -2.55. The molecule has 4 fully saturated rings. The molecule has 0 aromatic rings. The largest absolute Gasteiger partial charge is 0.388 e. The first-order valence-corrected chi connectivity index (χ1v) is 11.0. The Morgan fingerprint density at radius 1 is 1.36 bits per heavy atom. The summed E-state index contributed by atoms with van der Waals surface area (Å²) < 4.78 is 7.05. The van der Waals surface area contributed by atoms with E-state index in [4.69, 9.17) is 4.74 Å². The van der Waals surface area contributed by atoms with Crippen LogP contribution in [0.3, 0.4) is 0 Å². The van der Waals surface area contributed by atoms with Gasteiger partial charge in [0.25, 0.3) is 0 Å². The number of hydrogen-bond acceptors (Lipinski definition) is 5. The number of aliphatic hydroxyl groups is 2. The van der Waals surface area contributed by atoms with Gasteiger partial charge < -0.3 is 14.9 Å². The smallest absolute Gasteiger partial charge is 0.192 e. The van der Waals surface area contributed by atoms with Gasteiger partial charge in [0, 0.05) is 10.8 Å². The molecule has 0 unspecified atom stereocenters. The van der Waals surface area contributed by atoms with Crippen LogP contribution in [0.4, 0.5) is 0 Å². The van der Waals surface area contributed by atoms with Crippen LogP contribution < -0.4 is 0 Å². The van der Waals surface area contributed by atoms with Gasteiger partial charge in [-0.1, -0.05) is 25.5 Å². The van der Waals surface area contributed by atoms with Crippen LogP contribution >= 0.6 is 15.9 Å². The van der Waals surface area contributed by atoms with E-state index in [0.29, 0.717) is 10.9 Å². The Bertz CT molecular complexity index is 863. The number of carbonyl (C=O) groups excluding carboxylic acids is 2. The van der Waals surface area contributed by atoms with E-state index in [9.17, 15) is 19.8 Å². The van der Waals surface area contributed by atoms with Gasteiger partial charge in [-0.05, 0) is 72.4 Å². The third-order valence-electron chi connectivity index (χ3n) is 9.14. The van der Waals surface area contributed by atoms with Gasteiger partial charge in [0.15, 0.2) is 11.6 Å². The van der Waals surface area contributed by atoms with Crippen molar-refractivity contribution < 1.29 is 24.5 Å². The number of rotatable bonds is 2. The van der Waals surface area contributed by atoms with Crippen LogP contribution in [-0.4, -0.2) is 45.7 Å². The maximum atomic E-state index is 12.7. The number of hydrogen-bond donors (Lipinski definition) is 2. The Hall–Kier alpha value is -0.820. The fourth-order valence-corrected chi connectivity index (χ4v) is 8.32. The second kappa shape index (κ2) is 5.45. The highest BCUT2D eigenvalue weighted by Crippen LogP contribution is 2.76. The molecule has 152 valence electrons. The summed E-state index contributed by atoms with van der Waals surface area (Å²) in [5.41, 5.74) is -1.70. The van der Waals surface area contributed by atoms with Crippen LogP contribution in [0.15, 0.2) is 22.2 Å². The van der Waals surface area contributed by atoms with Crippen molar-refractivity contribution in [3.05, 3.63) is 22.2 Å². The maximum absolute atomic E-state index is 12.7. The summed E-state index contributed by atoms with van der Waals surface area (Å²) in [4.78, 5) is 24.9. The van der Waals surface area contributed by atoms with Crippen LogP contribution in [0.25, 0.3) is 0 Å². The highest BCUT2D eigenvalue weighted by molar-refractivity contribution is 9.12. The second-order valence-electron chi connectivity index (χ2n) is 9.99. The Morgan fingerprint density at radius 3 is 2.75 bits per heavy atom. The average Bonchev–Trinajstić information content (AvgIpc) is 3.32. The molecule has 5 aliphatic rings. The summed E-state index contributed by atoms with van der Waals surface area (Å²) in [6.07, 6.45) is 6.82. The van der Waals surface area contributed by atoms with Crippen molar-refractivity contribution in [2.45, 2.75) is 63.8 Å². The zero-order valence-electron chi connectivity index (χ0n) is 16.5. The highest BCUT2D eigenvalue weighted by Gasteiger charge is 2.82. The van der Waals surface area contributed by atoms with Crippen LogP contribution in [-0.2, 0) is 14.3 Å². The molecule has 28 heavy (non-hydrogen) atoms. The summed E-state index contributed by atoms with van der Waals surface area (Å²) in [5, 5.41) is 21.1. The second-order valence-corrected chi connectivity index (χ2v) is 10.8. The molecule has 2 N–H and O–H groups in total. The van der Waals surface area contributed by atoms with Crippen molar-refractivity contribution in [3.63, 3.8) is 0 Å². The summed E-state index contributed by atoms with van der Waals surface area (Å²) in [5.74, 6) is -0.294. The standard InChI is InChI=1S/C22H27BrO5/c1-11-6-14-13-5-4-12-7-16(25)15(23)8-19(12,2)22(13)18(28-22)9-20(14,3)21(11,27)17(26)10-24/h7-8,11,13-14,18,24,27H,4-6,9-10H2,1-3H3/t11-,13-,14-,18-,19-,20-,21-,22+/m0/s1. The Labute approximate surface area is 173 Å². The molecule has 1 saturated heterocycles. The first-order valence-electron chi connectivity index (χ1n) is 10.2. The molecule has 5 rings (SSSR count). The van der Waals surface area contributed by atoms with E-state index < -0.39 is 23.4 Å². The number of halogens is 1. The Kier molecular flexibility index (Phi) is 3.73. The predicted octanol–water partition coefficient (Wildman–Crippen LogP) is 2.69. The molecule has 1 spiro atoms. The maximum Gasteiger partial charge on any atom is 0.192 e. The van der Waals surface area contributed by atoms with Crippen LogP contribution in [0, 0.1) is 28.6 Å². The number of epoxide rings is 1. The number of ether oxygens (including phenoxy) is 1. The molecule has 0 radical (unpaired) electrons. The van der Waals surface area contributed by atoms with Gasteiger partial charge in [-0.3, -0.25) is 9.59 Å². The van der Waals surface area contributed by atoms with Gasteiger partial charge in [0.1, 0.15) is 17.8 Å². The summed E-state index contributed by atoms with van der Waals surface area (Å²) >= 11 is 3.43. The van der Waals surface area contributed by atoms with E-state index in [1.54, 1.807) is 6.08 Å². The minimum absolute atomic E-state index is 0.0116. The summed E-state index contributed by atoms with van der Waals surface area (Å²) in [6, 6.07) is 0. The lowest BCUT2D eigenvalue weighted by Crippen LogP contribution is -2.62. The Balaban J connectivity index is 1.61. The molecule has 1 heterocycles. The van der Waals surface area contributed by atoms with Crippen molar-refractivity contribution in [1.82, 2.24) is 0 Å². The van der Waals surface area contributed by atoms with E-state index in [1.165, 1.54) is 0 Å². The highest BCUT2D eigenvalue weighted by atomic mass is 79.9. The molecule has 5 nitrogen and oxygen atoms in total. The lowest BCUT2D eigenvalue weighted by molar-refractivity contribution is -0.165. The van der Waals surface area contributed by atoms with Gasteiger partial charge in [0.05, 0.1) is 10.6 Å². The van der Waals surface area contributed by atoms with Crippen LogP contribution in [0.1, 0.15) is 46.5 Å². The summed E-state index contributed by atoms with van der Waals surface area (Å²) in [7, 11) is 0. The molecule has 0 aromatic carbocycles. The van der Waals surface area contributed by atoms with E-state index in [2.05, 4.69) is 22.9 Å².